The van der Waals surface area contributed by atoms with Gasteiger partial charge in [0.2, 0.25) is 5.91 Å². The number of nitrogens with one attached hydrogen (secondary N) is 1. The van der Waals surface area contributed by atoms with Gasteiger partial charge in [0.1, 0.15) is 0 Å². The Morgan fingerprint density at radius 2 is 2.12 bits per heavy atom. The lowest BCUT2D eigenvalue weighted by atomic mass is 10.1. The fourth-order valence-electron chi connectivity index (χ4n) is 1.24. The quantitative estimate of drug-likeness (QED) is 0.499. The van der Waals surface area contributed by atoms with E-state index in [2.05, 4.69) is 5.32 Å². The van der Waals surface area contributed by atoms with E-state index in [0.29, 0.717) is 19.4 Å². The summed E-state index contributed by atoms with van der Waals surface area (Å²) >= 11 is 0. The Balaban J connectivity index is 3.81. The maximum Gasteiger partial charge on any atom is 0.305 e. The first kappa shape index (κ1) is 14.9. The summed E-state index contributed by atoms with van der Waals surface area (Å²) in [5, 5.41) is 11.1. The topological polar surface area (TPSA) is 102 Å². The Bertz CT molecular complexity index is 233. The molecule has 0 spiro atoms. The van der Waals surface area contributed by atoms with Crippen molar-refractivity contribution in [3.8, 4) is 0 Å². The summed E-state index contributed by atoms with van der Waals surface area (Å²) in [7, 11) is 1.58. The van der Waals surface area contributed by atoms with Gasteiger partial charge in [-0.3, -0.25) is 9.59 Å². The van der Waals surface area contributed by atoms with E-state index in [9.17, 15) is 9.59 Å². The van der Waals surface area contributed by atoms with Gasteiger partial charge in [0.05, 0.1) is 12.5 Å². The fraction of sp³-hybridized carbons (Fsp3) is 0.800. The van der Waals surface area contributed by atoms with E-state index in [0.717, 1.165) is 0 Å². The van der Waals surface area contributed by atoms with E-state index in [-0.39, 0.29) is 12.3 Å². The molecule has 0 aromatic rings. The van der Waals surface area contributed by atoms with E-state index in [4.69, 9.17) is 15.6 Å². The largest absolute Gasteiger partial charge is 0.481 e. The van der Waals surface area contributed by atoms with Crippen LogP contribution >= 0.6 is 0 Å². The van der Waals surface area contributed by atoms with Crippen LogP contribution in [0.25, 0.3) is 0 Å². The van der Waals surface area contributed by atoms with Gasteiger partial charge in [-0.2, -0.15) is 0 Å². The zero-order valence-corrected chi connectivity index (χ0v) is 9.73. The number of carboxylic acids is 1. The van der Waals surface area contributed by atoms with Crippen molar-refractivity contribution in [1.29, 1.82) is 0 Å². The third-order valence-electron chi connectivity index (χ3n) is 2.07. The molecule has 0 aliphatic rings. The van der Waals surface area contributed by atoms with Crippen LogP contribution in [0, 0.1) is 0 Å². The molecule has 0 heterocycles. The van der Waals surface area contributed by atoms with Gasteiger partial charge < -0.3 is 20.9 Å². The van der Waals surface area contributed by atoms with Crippen molar-refractivity contribution in [3.63, 3.8) is 0 Å². The van der Waals surface area contributed by atoms with Crippen LogP contribution < -0.4 is 11.1 Å². The van der Waals surface area contributed by atoms with E-state index in [1.165, 1.54) is 0 Å². The van der Waals surface area contributed by atoms with Crippen LogP contribution in [-0.4, -0.2) is 42.8 Å². The number of aliphatic carboxylic acids is 1. The molecule has 0 aliphatic carbocycles. The minimum atomic E-state index is -0.944. The first-order valence-corrected chi connectivity index (χ1v) is 5.24. The molecule has 0 aliphatic heterocycles. The highest BCUT2D eigenvalue weighted by molar-refractivity contribution is 5.82. The summed E-state index contributed by atoms with van der Waals surface area (Å²) in [6.45, 7) is 2.19. The SMILES string of the molecule is COCCCC(N)C(=O)NC(C)CC(=O)O. The predicted octanol–water partition coefficient (Wildman–Crippen LogP) is -0.280. The molecule has 16 heavy (non-hydrogen) atoms. The zero-order valence-electron chi connectivity index (χ0n) is 9.73. The summed E-state index contributed by atoms with van der Waals surface area (Å²) in [5.74, 6) is -1.26. The maximum atomic E-state index is 11.5. The van der Waals surface area contributed by atoms with Gasteiger partial charge in [-0.05, 0) is 19.8 Å². The average Bonchev–Trinajstić information content (AvgIpc) is 2.16. The molecule has 94 valence electrons. The van der Waals surface area contributed by atoms with Gasteiger partial charge in [0.25, 0.3) is 0 Å². The van der Waals surface area contributed by atoms with Gasteiger partial charge in [0.15, 0.2) is 0 Å². The van der Waals surface area contributed by atoms with Gasteiger partial charge >= 0.3 is 5.97 Å². The summed E-state index contributed by atoms with van der Waals surface area (Å²) < 4.78 is 4.84. The number of nitrogens with two attached hydrogens (primary N) is 1. The van der Waals surface area contributed by atoms with Crippen molar-refractivity contribution in [2.24, 2.45) is 5.73 Å². The van der Waals surface area contributed by atoms with Crippen LogP contribution in [0.1, 0.15) is 26.2 Å². The molecule has 0 bridgehead atoms. The predicted molar refractivity (Wildman–Crippen MR) is 58.9 cm³/mol. The number of carboxylic acid groups (broad SMARTS) is 1. The fourth-order valence-corrected chi connectivity index (χ4v) is 1.24. The highest BCUT2D eigenvalue weighted by atomic mass is 16.5. The number of carbonyl (C=O) groups excluding carboxylic acids is 1. The third-order valence-corrected chi connectivity index (χ3v) is 2.07. The third kappa shape index (κ3) is 7.19. The molecule has 0 saturated carbocycles. The molecule has 2 unspecified atom stereocenters. The second kappa shape index (κ2) is 8.06. The lowest BCUT2D eigenvalue weighted by Crippen LogP contribution is -2.45. The molecule has 2 atom stereocenters. The standard InChI is InChI=1S/C10H20N2O4/c1-7(6-9(13)14)12-10(15)8(11)4-3-5-16-2/h7-8H,3-6,11H2,1-2H3,(H,12,15)(H,13,14). The second-order valence-electron chi connectivity index (χ2n) is 3.75. The van der Waals surface area contributed by atoms with Crippen LogP contribution in [0.2, 0.25) is 0 Å². The molecule has 6 nitrogen and oxygen atoms in total. The molecule has 4 N–H and O–H groups in total. The minimum Gasteiger partial charge on any atom is -0.481 e. The average molecular weight is 232 g/mol. The molecule has 0 aromatic heterocycles. The molecule has 6 heteroatoms. The normalized spacial score (nSPS) is 14.2. The van der Waals surface area contributed by atoms with Gasteiger partial charge in [-0.1, -0.05) is 0 Å². The highest BCUT2D eigenvalue weighted by Crippen LogP contribution is 1.97. The summed E-state index contributed by atoms with van der Waals surface area (Å²) in [6, 6.07) is -1.01. The molecule has 0 fully saturated rings. The van der Waals surface area contributed by atoms with Crippen LogP contribution in [0.4, 0.5) is 0 Å². The lowest BCUT2D eigenvalue weighted by Gasteiger charge is -2.15. The van der Waals surface area contributed by atoms with E-state index >= 15 is 0 Å². The first-order chi connectivity index (χ1) is 7.47. The Morgan fingerprint density at radius 1 is 1.50 bits per heavy atom. The number of rotatable bonds is 8. The van der Waals surface area contributed by atoms with Crippen LogP contribution in [-0.2, 0) is 14.3 Å². The van der Waals surface area contributed by atoms with Crippen molar-refractivity contribution in [2.45, 2.75) is 38.3 Å². The highest BCUT2D eigenvalue weighted by Gasteiger charge is 2.16. The van der Waals surface area contributed by atoms with Crippen molar-refractivity contribution >= 4 is 11.9 Å². The molecular formula is C10H20N2O4. The Labute approximate surface area is 95.1 Å². The number of amides is 1. The molecule has 1 amide bonds. The number of hydrogen-bond donors (Lipinski definition) is 3. The van der Waals surface area contributed by atoms with Gasteiger partial charge in [0, 0.05) is 19.8 Å². The van der Waals surface area contributed by atoms with Crippen LogP contribution in [0.5, 0.6) is 0 Å². The number of ether oxygens (including phenoxy) is 1. The Hall–Kier alpha value is -1.14. The molecule has 0 saturated heterocycles. The van der Waals surface area contributed by atoms with Crippen molar-refractivity contribution in [3.05, 3.63) is 0 Å². The Morgan fingerprint density at radius 3 is 2.62 bits per heavy atom. The molecule has 0 radical (unpaired) electrons. The van der Waals surface area contributed by atoms with Crippen LogP contribution in [0.15, 0.2) is 0 Å². The first-order valence-electron chi connectivity index (χ1n) is 5.24. The maximum absolute atomic E-state index is 11.5. The smallest absolute Gasteiger partial charge is 0.305 e. The molecule has 0 aromatic carbocycles. The minimum absolute atomic E-state index is 0.101. The van der Waals surface area contributed by atoms with Crippen molar-refractivity contribution in [2.75, 3.05) is 13.7 Å². The lowest BCUT2D eigenvalue weighted by molar-refractivity contribution is -0.137. The van der Waals surface area contributed by atoms with E-state index in [1.54, 1.807) is 14.0 Å². The van der Waals surface area contributed by atoms with Crippen molar-refractivity contribution < 1.29 is 19.4 Å². The molecular weight excluding hydrogens is 212 g/mol. The van der Waals surface area contributed by atoms with E-state index < -0.39 is 18.1 Å². The summed E-state index contributed by atoms with van der Waals surface area (Å²) in [5.41, 5.74) is 5.62. The van der Waals surface area contributed by atoms with E-state index in [1.807, 2.05) is 0 Å². The van der Waals surface area contributed by atoms with Crippen molar-refractivity contribution in [1.82, 2.24) is 5.32 Å². The Kier molecular flexibility index (Phi) is 7.49. The summed E-state index contributed by atoms with van der Waals surface area (Å²) in [6.07, 6.45) is 1.13. The number of methoxy groups -OCH3 is 1. The van der Waals surface area contributed by atoms with Gasteiger partial charge in [-0.15, -0.1) is 0 Å². The second-order valence-corrected chi connectivity index (χ2v) is 3.75. The van der Waals surface area contributed by atoms with Gasteiger partial charge in [-0.25, -0.2) is 0 Å². The molecule has 0 rings (SSSR count). The summed E-state index contributed by atoms with van der Waals surface area (Å²) in [4.78, 5) is 21.8. The number of carbonyl (C=O) groups is 2. The monoisotopic (exact) mass is 232 g/mol. The zero-order chi connectivity index (χ0) is 12.6. The number of hydrogen-bond acceptors (Lipinski definition) is 4. The van der Waals surface area contributed by atoms with Crippen LogP contribution in [0.3, 0.4) is 0 Å².